The standard InChI is InChI=1S/C15H22N2O/c1-3-17-9-8-14(12-17)11-16-13(2)6-7-15-5-4-10-18-15/h4-5,8-10,12-13,16H,3,6-7,11H2,1-2H3. The molecule has 0 spiro atoms. The molecule has 0 saturated carbocycles. The van der Waals surface area contributed by atoms with Crippen molar-refractivity contribution in [1.29, 1.82) is 0 Å². The van der Waals surface area contributed by atoms with Crippen LogP contribution in [0.3, 0.4) is 0 Å². The van der Waals surface area contributed by atoms with Gasteiger partial charge in [0.05, 0.1) is 6.26 Å². The van der Waals surface area contributed by atoms with Gasteiger partial charge >= 0.3 is 0 Å². The molecule has 98 valence electrons. The van der Waals surface area contributed by atoms with E-state index in [4.69, 9.17) is 4.42 Å². The number of hydrogen-bond acceptors (Lipinski definition) is 2. The van der Waals surface area contributed by atoms with Crippen molar-refractivity contribution in [2.75, 3.05) is 0 Å². The van der Waals surface area contributed by atoms with E-state index in [9.17, 15) is 0 Å². The SMILES string of the molecule is CCn1ccc(CNC(C)CCc2ccco2)c1. The van der Waals surface area contributed by atoms with Crippen molar-refractivity contribution >= 4 is 0 Å². The van der Waals surface area contributed by atoms with Crippen LogP contribution in [0, 0.1) is 0 Å². The summed E-state index contributed by atoms with van der Waals surface area (Å²) in [5.41, 5.74) is 1.35. The van der Waals surface area contributed by atoms with E-state index in [0.717, 1.165) is 31.7 Å². The minimum atomic E-state index is 0.500. The van der Waals surface area contributed by atoms with E-state index in [-0.39, 0.29) is 0 Å². The van der Waals surface area contributed by atoms with Crippen LogP contribution >= 0.6 is 0 Å². The van der Waals surface area contributed by atoms with Gasteiger partial charge < -0.3 is 14.3 Å². The van der Waals surface area contributed by atoms with E-state index in [1.807, 2.05) is 12.1 Å². The highest BCUT2D eigenvalue weighted by atomic mass is 16.3. The van der Waals surface area contributed by atoms with Crippen LogP contribution in [0.1, 0.15) is 31.6 Å². The first kappa shape index (κ1) is 13.0. The quantitative estimate of drug-likeness (QED) is 0.813. The molecule has 1 N–H and O–H groups in total. The molecule has 2 heterocycles. The van der Waals surface area contributed by atoms with Crippen molar-refractivity contribution in [1.82, 2.24) is 9.88 Å². The second-order valence-corrected chi connectivity index (χ2v) is 4.75. The van der Waals surface area contributed by atoms with Crippen LogP contribution in [0.15, 0.2) is 41.3 Å². The Morgan fingerprint density at radius 3 is 2.94 bits per heavy atom. The van der Waals surface area contributed by atoms with E-state index in [1.54, 1.807) is 6.26 Å². The van der Waals surface area contributed by atoms with Crippen LogP contribution in [0.2, 0.25) is 0 Å². The first-order chi connectivity index (χ1) is 8.78. The Hall–Kier alpha value is -1.48. The Balaban J connectivity index is 1.69. The van der Waals surface area contributed by atoms with Crippen molar-refractivity contribution in [3.05, 3.63) is 48.2 Å². The molecule has 1 unspecified atom stereocenters. The van der Waals surface area contributed by atoms with Gasteiger partial charge in [-0.05, 0) is 44.0 Å². The molecule has 0 aliphatic heterocycles. The lowest BCUT2D eigenvalue weighted by Crippen LogP contribution is -2.25. The van der Waals surface area contributed by atoms with Crippen LogP contribution < -0.4 is 5.32 Å². The fourth-order valence-corrected chi connectivity index (χ4v) is 2.00. The van der Waals surface area contributed by atoms with Crippen molar-refractivity contribution in [3.8, 4) is 0 Å². The highest BCUT2D eigenvalue weighted by Gasteiger charge is 2.04. The summed E-state index contributed by atoms with van der Waals surface area (Å²) in [7, 11) is 0. The molecule has 2 aromatic rings. The molecule has 0 aliphatic rings. The van der Waals surface area contributed by atoms with Crippen LogP contribution in [-0.2, 0) is 19.5 Å². The monoisotopic (exact) mass is 246 g/mol. The molecule has 0 aliphatic carbocycles. The summed E-state index contributed by atoms with van der Waals surface area (Å²) in [4.78, 5) is 0. The van der Waals surface area contributed by atoms with Crippen LogP contribution in [0.5, 0.6) is 0 Å². The molecule has 3 heteroatoms. The fourth-order valence-electron chi connectivity index (χ4n) is 2.00. The highest BCUT2D eigenvalue weighted by Crippen LogP contribution is 2.07. The Labute approximate surface area is 109 Å². The normalized spacial score (nSPS) is 12.8. The van der Waals surface area contributed by atoms with Crippen LogP contribution in [0.4, 0.5) is 0 Å². The molecule has 3 nitrogen and oxygen atoms in total. The van der Waals surface area contributed by atoms with Crippen molar-refractivity contribution in [2.24, 2.45) is 0 Å². The van der Waals surface area contributed by atoms with E-state index in [1.165, 1.54) is 5.56 Å². The summed E-state index contributed by atoms with van der Waals surface area (Å²) in [5.74, 6) is 1.07. The lowest BCUT2D eigenvalue weighted by Gasteiger charge is -2.12. The van der Waals surface area contributed by atoms with E-state index in [2.05, 4.69) is 42.2 Å². The lowest BCUT2D eigenvalue weighted by atomic mass is 10.1. The Kier molecular flexibility index (Phi) is 4.65. The topological polar surface area (TPSA) is 30.1 Å². The van der Waals surface area contributed by atoms with Gasteiger partial charge in [0, 0.05) is 37.9 Å². The zero-order valence-electron chi connectivity index (χ0n) is 11.2. The molecule has 0 bridgehead atoms. The van der Waals surface area contributed by atoms with Crippen LogP contribution in [0.25, 0.3) is 0 Å². The summed E-state index contributed by atoms with van der Waals surface area (Å²) in [6.07, 6.45) is 8.16. The molecule has 0 fully saturated rings. The smallest absolute Gasteiger partial charge is 0.103 e. The van der Waals surface area contributed by atoms with Crippen LogP contribution in [-0.4, -0.2) is 10.6 Å². The van der Waals surface area contributed by atoms with Crippen molar-refractivity contribution < 1.29 is 4.42 Å². The maximum Gasteiger partial charge on any atom is 0.103 e. The predicted molar refractivity (Wildman–Crippen MR) is 73.4 cm³/mol. The van der Waals surface area contributed by atoms with Gasteiger partial charge in [-0.3, -0.25) is 0 Å². The van der Waals surface area contributed by atoms with Crippen molar-refractivity contribution in [2.45, 2.75) is 45.8 Å². The minimum Gasteiger partial charge on any atom is -0.469 e. The van der Waals surface area contributed by atoms with E-state index in [0.29, 0.717) is 6.04 Å². The number of furan rings is 1. The molecular weight excluding hydrogens is 224 g/mol. The Morgan fingerprint density at radius 1 is 1.39 bits per heavy atom. The lowest BCUT2D eigenvalue weighted by molar-refractivity contribution is 0.460. The average molecular weight is 246 g/mol. The van der Waals surface area contributed by atoms with Gasteiger partial charge in [0.15, 0.2) is 0 Å². The summed E-state index contributed by atoms with van der Waals surface area (Å²) >= 11 is 0. The first-order valence-electron chi connectivity index (χ1n) is 6.68. The predicted octanol–water partition coefficient (Wildman–Crippen LogP) is 3.21. The molecular formula is C15H22N2O. The van der Waals surface area contributed by atoms with Gasteiger partial charge in [0.25, 0.3) is 0 Å². The number of nitrogens with zero attached hydrogens (tertiary/aromatic N) is 1. The summed E-state index contributed by atoms with van der Waals surface area (Å²) in [5, 5.41) is 3.54. The molecule has 2 rings (SSSR count). The molecule has 0 amide bonds. The summed E-state index contributed by atoms with van der Waals surface area (Å²) in [6.45, 7) is 6.35. The Bertz CT molecular complexity index is 445. The van der Waals surface area contributed by atoms with Crippen molar-refractivity contribution in [3.63, 3.8) is 0 Å². The third kappa shape index (κ3) is 3.77. The van der Waals surface area contributed by atoms with E-state index < -0.39 is 0 Å². The van der Waals surface area contributed by atoms with E-state index >= 15 is 0 Å². The zero-order valence-corrected chi connectivity index (χ0v) is 11.2. The number of nitrogens with one attached hydrogen (secondary N) is 1. The molecule has 0 saturated heterocycles. The minimum absolute atomic E-state index is 0.500. The second kappa shape index (κ2) is 6.45. The maximum atomic E-state index is 5.33. The molecule has 1 atom stereocenters. The third-order valence-electron chi connectivity index (χ3n) is 3.24. The number of hydrogen-bond donors (Lipinski definition) is 1. The van der Waals surface area contributed by atoms with Gasteiger partial charge in [-0.25, -0.2) is 0 Å². The molecule has 0 radical (unpaired) electrons. The molecule has 18 heavy (non-hydrogen) atoms. The number of aromatic nitrogens is 1. The molecule has 2 aromatic heterocycles. The highest BCUT2D eigenvalue weighted by molar-refractivity contribution is 5.10. The zero-order chi connectivity index (χ0) is 12.8. The van der Waals surface area contributed by atoms with Gasteiger partial charge in [-0.15, -0.1) is 0 Å². The third-order valence-corrected chi connectivity index (χ3v) is 3.24. The number of rotatable bonds is 7. The Morgan fingerprint density at radius 2 is 2.28 bits per heavy atom. The molecule has 0 aromatic carbocycles. The van der Waals surface area contributed by atoms with Gasteiger partial charge in [-0.2, -0.15) is 0 Å². The van der Waals surface area contributed by atoms with Gasteiger partial charge in [-0.1, -0.05) is 0 Å². The maximum absolute atomic E-state index is 5.33. The fraction of sp³-hybridized carbons (Fsp3) is 0.467. The van der Waals surface area contributed by atoms with Gasteiger partial charge in [0.1, 0.15) is 5.76 Å². The largest absolute Gasteiger partial charge is 0.469 e. The summed E-state index contributed by atoms with van der Waals surface area (Å²) < 4.78 is 7.53. The van der Waals surface area contributed by atoms with Gasteiger partial charge in [0.2, 0.25) is 0 Å². The number of aryl methyl sites for hydroxylation is 2. The first-order valence-corrected chi connectivity index (χ1v) is 6.68. The summed E-state index contributed by atoms with van der Waals surface area (Å²) in [6, 6.07) is 6.66. The average Bonchev–Trinajstić information content (AvgIpc) is 3.04. The second-order valence-electron chi connectivity index (χ2n) is 4.75.